The molecule has 0 fully saturated rings. The van der Waals surface area contributed by atoms with Gasteiger partial charge < -0.3 is 9.51 Å². The minimum Gasteiger partial charge on any atom is -0.387 e. The lowest BCUT2D eigenvalue weighted by Crippen LogP contribution is -2.04. The minimum absolute atomic E-state index is 0.524. The Balaban J connectivity index is 1.85. The van der Waals surface area contributed by atoms with E-state index in [9.17, 15) is 5.11 Å². The predicted octanol–water partition coefficient (Wildman–Crippen LogP) is 4.96. The van der Waals surface area contributed by atoms with Crippen LogP contribution in [0.25, 0.3) is 16.9 Å². The summed E-state index contributed by atoms with van der Waals surface area (Å²) >= 11 is 1.59. The number of thiophene rings is 1. The molecular formula is C21H20N2OS. The van der Waals surface area contributed by atoms with Gasteiger partial charge in [0.15, 0.2) is 0 Å². The average Bonchev–Trinajstić information content (AvgIpc) is 3.24. The van der Waals surface area contributed by atoms with E-state index in [1.807, 2.05) is 23.6 Å². The standard InChI is InChI=1S/C21H20N2OS/c1-14-5-8-16(9-6-14)21-17(12-18(24)19-4-3-11-25-19)23-13-15(2)7-10-20(23)22-21/h3-11,13,18,24H,12H2,1-2H3. The summed E-state index contributed by atoms with van der Waals surface area (Å²) in [6.07, 6.45) is 2.11. The van der Waals surface area contributed by atoms with Crippen LogP contribution in [-0.2, 0) is 6.42 Å². The molecule has 126 valence electrons. The lowest BCUT2D eigenvalue weighted by molar-refractivity contribution is 0.181. The van der Waals surface area contributed by atoms with Gasteiger partial charge in [0.25, 0.3) is 0 Å². The van der Waals surface area contributed by atoms with E-state index in [2.05, 4.69) is 54.8 Å². The van der Waals surface area contributed by atoms with Crippen molar-refractivity contribution in [3.63, 3.8) is 0 Å². The van der Waals surface area contributed by atoms with E-state index in [0.717, 1.165) is 27.5 Å². The summed E-state index contributed by atoms with van der Waals surface area (Å²) in [7, 11) is 0. The molecule has 3 nitrogen and oxygen atoms in total. The zero-order valence-corrected chi connectivity index (χ0v) is 15.1. The topological polar surface area (TPSA) is 37.5 Å². The summed E-state index contributed by atoms with van der Waals surface area (Å²) in [6.45, 7) is 4.16. The van der Waals surface area contributed by atoms with Crippen molar-refractivity contribution in [3.8, 4) is 11.3 Å². The molecule has 25 heavy (non-hydrogen) atoms. The van der Waals surface area contributed by atoms with Gasteiger partial charge in [-0.2, -0.15) is 0 Å². The lowest BCUT2D eigenvalue weighted by atomic mass is 10.0. The molecule has 1 atom stereocenters. The summed E-state index contributed by atoms with van der Waals surface area (Å²) < 4.78 is 2.11. The van der Waals surface area contributed by atoms with E-state index in [0.29, 0.717) is 6.42 Å². The number of aliphatic hydroxyl groups excluding tert-OH is 1. The molecule has 0 spiro atoms. The van der Waals surface area contributed by atoms with Crippen molar-refractivity contribution in [2.24, 2.45) is 0 Å². The SMILES string of the molecule is Cc1ccc(-c2nc3ccc(C)cn3c2CC(O)c2cccs2)cc1. The Bertz CT molecular complexity index is 1000. The first kappa shape index (κ1) is 16.1. The molecule has 3 heterocycles. The van der Waals surface area contributed by atoms with E-state index in [1.165, 1.54) is 11.1 Å². The molecule has 0 aliphatic rings. The number of hydrogen-bond acceptors (Lipinski definition) is 3. The second-order valence-electron chi connectivity index (χ2n) is 6.44. The number of hydrogen-bond donors (Lipinski definition) is 1. The van der Waals surface area contributed by atoms with Crippen LogP contribution in [0.4, 0.5) is 0 Å². The van der Waals surface area contributed by atoms with Gasteiger partial charge in [-0.15, -0.1) is 11.3 Å². The second-order valence-corrected chi connectivity index (χ2v) is 7.42. The number of rotatable bonds is 4. The molecular weight excluding hydrogens is 328 g/mol. The van der Waals surface area contributed by atoms with Gasteiger partial charge in [-0.3, -0.25) is 0 Å². The first-order valence-corrected chi connectivity index (χ1v) is 9.26. The van der Waals surface area contributed by atoms with Crippen molar-refractivity contribution in [1.82, 2.24) is 9.38 Å². The highest BCUT2D eigenvalue weighted by atomic mass is 32.1. The Morgan fingerprint density at radius 3 is 2.52 bits per heavy atom. The van der Waals surface area contributed by atoms with Gasteiger partial charge in [0.2, 0.25) is 0 Å². The highest BCUT2D eigenvalue weighted by molar-refractivity contribution is 7.10. The van der Waals surface area contributed by atoms with Crippen LogP contribution in [0.5, 0.6) is 0 Å². The van der Waals surface area contributed by atoms with Gasteiger partial charge in [0.05, 0.1) is 17.5 Å². The molecule has 0 saturated carbocycles. The van der Waals surface area contributed by atoms with E-state index < -0.39 is 6.10 Å². The zero-order chi connectivity index (χ0) is 17.4. The van der Waals surface area contributed by atoms with Crippen LogP contribution in [0.15, 0.2) is 60.1 Å². The van der Waals surface area contributed by atoms with Crippen LogP contribution in [0.2, 0.25) is 0 Å². The third-order valence-electron chi connectivity index (χ3n) is 4.45. The van der Waals surface area contributed by atoms with Gasteiger partial charge in [-0.05, 0) is 36.9 Å². The Kier molecular flexibility index (Phi) is 4.15. The normalized spacial score (nSPS) is 12.6. The van der Waals surface area contributed by atoms with Crippen LogP contribution in [0, 0.1) is 13.8 Å². The maximum atomic E-state index is 10.7. The molecule has 4 heteroatoms. The molecule has 0 amide bonds. The largest absolute Gasteiger partial charge is 0.387 e. The number of fused-ring (bicyclic) bond motifs is 1. The highest BCUT2D eigenvalue weighted by Gasteiger charge is 2.19. The fraction of sp³-hybridized carbons (Fsp3) is 0.190. The quantitative estimate of drug-likeness (QED) is 0.566. The number of aromatic nitrogens is 2. The van der Waals surface area contributed by atoms with Crippen LogP contribution >= 0.6 is 11.3 Å². The molecule has 0 radical (unpaired) electrons. The second kappa shape index (κ2) is 6.47. The van der Waals surface area contributed by atoms with E-state index >= 15 is 0 Å². The van der Waals surface area contributed by atoms with Crippen molar-refractivity contribution in [1.29, 1.82) is 0 Å². The maximum absolute atomic E-state index is 10.7. The lowest BCUT2D eigenvalue weighted by Gasteiger charge is -2.11. The maximum Gasteiger partial charge on any atom is 0.137 e. The molecule has 1 aromatic carbocycles. The Hall–Kier alpha value is -2.43. The molecule has 0 bridgehead atoms. The highest BCUT2D eigenvalue weighted by Crippen LogP contribution is 2.30. The number of aryl methyl sites for hydroxylation is 2. The Labute approximate surface area is 151 Å². The van der Waals surface area contributed by atoms with Gasteiger partial charge in [0, 0.05) is 23.1 Å². The molecule has 0 aliphatic carbocycles. The van der Waals surface area contributed by atoms with Gasteiger partial charge >= 0.3 is 0 Å². The van der Waals surface area contributed by atoms with E-state index in [-0.39, 0.29) is 0 Å². The zero-order valence-electron chi connectivity index (χ0n) is 14.3. The number of imidazole rings is 1. The Morgan fingerprint density at radius 2 is 1.80 bits per heavy atom. The first-order valence-electron chi connectivity index (χ1n) is 8.38. The van der Waals surface area contributed by atoms with Crippen molar-refractivity contribution >= 4 is 17.0 Å². The van der Waals surface area contributed by atoms with Crippen molar-refractivity contribution in [2.45, 2.75) is 26.4 Å². The number of pyridine rings is 1. The summed E-state index contributed by atoms with van der Waals surface area (Å²) in [5, 5.41) is 12.7. The molecule has 0 aliphatic heterocycles. The smallest absolute Gasteiger partial charge is 0.137 e. The molecule has 4 rings (SSSR count). The summed E-state index contributed by atoms with van der Waals surface area (Å²) in [6, 6.07) is 16.5. The predicted molar refractivity (Wildman–Crippen MR) is 103 cm³/mol. The monoisotopic (exact) mass is 348 g/mol. The Morgan fingerprint density at radius 1 is 1.04 bits per heavy atom. The van der Waals surface area contributed by atoms with Crippen LogP contribution in [-0.4, -0.2) is 14.5 Å². The summed E-state index contributed by atoms with van der Waals surface area (Å²) in [5.41, 5.74) is 6.38. The summed E-state index contributed by atoms with van der Waals surface area (Å²) in [5.74, 6) is 0. The molecule has 1 unspecified atom stereocenters. The van der Waals surface area contributed by atoms with Crippen LogP contribution in [0.3, 0.4) is 0 Å². The fourth-order valence-corrected chi connectivity index (χ4v) is 3.81. The number of aliphatic hydroxyl groups is 1. The number of benzene rings is 1. The van der Waals surface area contributed by atoms with Crippen molar-refractivity contribution in [2.75, 3.05) is 0 Å². The molecule has 0 saturated heterocycles. The third-order valence-corrected chi connectivity index (χ3v) is 5.42. The van der Waals surface area contributed by atoms with Crippen molar-refractivity contribution in [3.05, 3.63) is 81.8 Å². The third kappa shape index (κ3) is 3.11. The average molecular weight is 348 g/mol. The van der Waals surface area contributed by atoms with Crippen LogP contribution < -0.4 is 0 Å². The fourth-order valence-electron chi connectivity index (χ4n) is 3.10. The van der Waals surface area contributed by atoms with Gasteiger partial charge in [-0.1, -0.05) is 42.0 Å². The first-order chi connectivity index (χ1) is 12.1. The van der Waals surface area contributed by atoms with E-state index in [1.54, 1.807) is 11.3 Å². The summed E-state index contributed by atoms with van der Waals surface area (Å²) in [4.78, 5) is 5.83. The van der Waals surface area contributed by atoms with E-state index in [4.69, 9.17) is 4.98 Å². The minimum atomic E-state index is -0.524. The number of nitrogens with zero attached hydrogens (tertiary/aromatic N) is 2. The molecule has 3 aromatic heterocycles. The molecule has 4 aromatic rings. The van der Waals surface area contributed by atoms with Crippen molar-refractivity contribution < 1.29 is 5.11 Å². The molecule has 1 N–H and O–H groups in total. The van der Waals surface area contributed by atoms with Crippen LogP contribution in [0.1, 0.15) is 27.8 Å². The van der Waals surface area contributed by atoms with Gasteiger partial charge in [0.1, 0.15) is 5.65 Å². The van der Waals surface area contributed by atoms with Gasteiger partial charge in [-0.25, -0.2) is 4.98 Å².